The molecule has 1 fully saturated rings. The van der Waals surface area contributed by atoms with Crippen LogP contribution in [0.1, 0.15) is 83.0 Å². The van der Waals surface area contributed by atoms with E-state index in [1.54, 1.807) is 25.3 Å². The molecular formula is C37H50N4O6. The van der Waals surface area contributed by atoms with Gasteiger partial charge in [-0.3, -0.25) is 19.3 Å². The third-order valence-electron chi connectivity index (χ3n) is 8.72. The van der Waals surface area contributed by atoms with E-state index in [1.807, 2.05) is 30.3 Å². The Kier molecular flexibility index (Phi) is 13.0. The first-order valence-electron chi connectivity index (χ1n) is 16.8. The van der Waals surface area contributed by atoms with Crippen LogP contribution in [-0.2, 0) is 14.3 Å². The van der Waals surface area contributed by atoms with Crippen molar-refractivity contribution in [1.82, 2.24) is 20.5 Å². The van der Waals surface area contributed by atoms with Crippen LogP contribution in [-0.4, -0.2) is 79.2 Å². The summed E-state index contributed by atoms with van der Waals surface area (Å²) in [5.74, 6) is -0.249. The Bertz CT molecular complexity index is 1500. The first-order valence-corrected chi connectivity index (χ1v) is 16.8. The molecule has 1 aliphatic carbocycles. The summed E-state index contributed by atoms with van der Waals surface area (Å²) in [6.07, 6.45) is 4.99. The zero-order valence-corrected chi connectivity index (χ0v) is 28.6. The fourth-order valence-corrected chi connectivity index (χ4v) is 6.26. The number of nitrogens with one attached hydrogen (secondary N) is 2. The SMILES string of the molecule is COc1cc(OC)c2c(C(=O)NC(CCC(=O)OC3CCCCC3)C(=O)NCCN(C(C)C)C(C)C)cc(-c3ccccc3)nc2c1. The van der Waals surface area contributed by atoms with Crippen molar-refractivity contribution in [2.75, 3.05) is 27.3 Å². The van der Waals surface area contributed by atoms with E-state index in [0.717, 1.165) is 37.7 Å². The quantitative estimate of drug-likeness (QED) is 0.196. The Labute approximate surface area is 278 Å². The number of aromatic nitrogens is 1. The normalized spacial score (nSPS) is 14.3. The molecule has 2 amide bonds. The van der Waals surface area contributed by atoms with E-state index in [9.17, 15) is 14.4 Å². The largest absolute Gasteiger partial charge is 0.497 e. The summed E-state index contributed by atoms with van der Waals surface area (Å²) in [7, 11) is 3.08. The lowest BCUT2D eigenvalue weighted by molar-refractivity contribution is -0.150. The van der Waals surface area contributed by atoms with E-state index in [2.05, 4.69) is 43.2 Å². The zero-order valence-electron chi connectivity index (χ0n) is 28.6. The Hall–Kier alpha value is -4.18. The van der Waals surface area contributed by atoms with Crippen molar-refractivity contribution in [3.63, 3.8) is 0 Å². The van der Waals surface area contributed by atoms with Gasteiger partial charge in [-0.05, 0) is 65.9 Å². The molecule has 10 nitrogen and oxygen atoms in total. The molecule has 1 aliphatic rings. The molecular weight excluding hydrogens is 596 g/mol. The Balaban J connectivity index is 1.62. The third-order valence-corrected chi connectivity index (χ3v) is 8.72. The summed E-state index contributed by atoms with van der Waals surface area (Å²) in [6, 6.07) is 14.4. The molecule has 1 heterocycles. The first-order chi connectivity index (χ1) is 22.6. The molecule has 10 heteroatoms. The number of carbonyl (C=O) groups is 3. The molecule has 0 saturated heterocycles. The number of nitrogens with zero attached hydrogens (tertiary/aromatic N) is 2. The lowest BCUT2D eigenvalue weighted by Crippen LogP contribution is -2.49. The average molecular weight is 647 g/mol. The second kappa shape index (κ2) is 17.1. The standard InChI is InChI=1S/C37H50N4O6/c1-24(2)41(25(3)4)20-19-38-37(44)30(17-18-34(42)47-27-15-11-8-12-16-27)40-36(43)29-23-31(26-13-9-7-10-14-26)39-32-21-28(45-5)22-33(46-6)35(29)32/h7,9-10,13-14,21-25,27,30H,8,11-12,15-20H2,1-6H3,(H,38,44)(H,40,43). The summed E-state index contributed by atoms with van der Waals surface area (Å²) in [6.45, 7) is 9.54. The summed E-state index contributed by atoms with van der Waals surface area (Å²) in [5, 5.41) is 6.43. The number of ether oxygens (including phenoxy) is 3. The summed E-state index contributed by atoms with van der Waals surface area (Å²) < 4.78 is 16.9. The molecule has 1 aromatic heterocycles. The fraction of sp³-hybridized carbons (Fsp3) is 0.514. The van der Waals surface area contributed by atoms with Gasteiger partial charge in [0.05, 0.1) is 36.4 Å². The van der Waals surface area contributed by atoms with Gasteiger partial charge in [-0.2, -0.15) is 0 Å². The lowest BCUT2D eigenvalue weighted by Gasteiger charge is -2.30. The van der Waals surface area contributed by atoms with Crippen molar-refractivity contribution in [3.8, 4) is 22.8 Å². The maximum atomic E-state index is 14.2. The summed E-state index contributed by atoms with van der Waals surface area (Å²) in [4.78, 5) is 47.8. The van der Waals surface area contributed by atoms with E-state index < -0.39 is 11.9 Å². The summed E-state index contributed by atoms with van der Waals surface area (Å²) in [5.41, 5.74) is 2.21. The Morgan fingerprint density at radius 1 is 0.936 bits per heavy atom. The molecule has 1 saturated carbocycles. The van der Waals surface area contributed by atoms with E-state index in [1.165, 1.54) is 7.11 Å². The number of carbonyl (C=O) groups excluding carboxylic acids is 3. The minimum absolute atomic E-state index is 0.00581. The molecule has 0 bridgehead atoms. The van der Waals surface area contributed by atoms with Crippen molar-refractivity contribution in [2.24, 2.45) is 0 Å². The summed E-state index contributed by atoms with van der Waals surface area (Å²) >= 11 is 0. The molecule has 2 aromatic carbocycles. The van der Waals surface area contributed by atoms with Crippen LogP contribution in [0.25, 0.3) is 22.2 Å². The number of esters is 1. The van der Waals surface area contributed by atoms with E-state index in [0.29, 0.717) is 58.8 Å². The maximum absolute atomic E-state index is 14.2. The number of benzene rings is 2. The number of pyridine rings is 1. The number of fused-ring (bicyclic) bond motifs is 1. The van der Waals surface area contributed by atoms with E-state index in [4.69, 9.17) is 19.2 Å². The minimum atomic E-state index is -0.972. The van der Waals surface area contributed by atoms with E-state index in [-0.39, 0.29) is 30.8 Å². The molecule has 4 rings (SSSR count). The topological polar surface area (TPSA) is 119 Å². The van der Waals surface area contributed by atoms with Gasteiger partial charge in [0.25, 0.3) is 5.91 Å². The van der Waals surface area contributed by atoms with Gasteiger partial charge in [0.2, 0.25) is 5.91 Å². The predicted molar refractivity (Wildman–Crippen MR) is 184 cm³/mol. The molecule has 2 N–H and O–H groups in total. The molecule has 254 valence electrons. The highest BCUT2D eigenvalue weighted by Gasteiger charge is 2.27. The van der Waals surface area contributed by atoms with Gasteiger partial charge < -0.3 is 24.8 Å². The highest BCUT2D eigenvalue weighted by molar-refractivity contribution is 6.10. The average Bonchev–Trinajstić information content (AvgIpc) is 3.07. The Morgan fingerprint density at radius 2 is 1.64 bits per heavy atom. The number of rotatable bonds is 15. The molecule has 1 atom stereocenters. The molecule has 0 aliphatic heterocycles. The van der Waals surface area contributed by atoms with Crippen LogP contribution in [0, 0.1) is 0 Å². The van der Waals surface area contributed by atoms with Crippen LogP contribution >= 0.6 is 0 Å². The van der Waals surface area contributed by atoms with Gasteiger partial charge >= 0.3 is 5.97 Å². The Morgan fingerprint density at radius 3 is 2.28 bits per heavy atom. The van der Waals surface area contributed by atoms with Crippen molar-refractivity contribution >= 4 is 28.7 Å². The van der Waals surface area contributed by atoms with E-state index >= 15 is 0 Å². The van der Waals surface area contributed by atoms with Gasteiger partial charge in [-0.25, -0.2) is 4.98 Å². The lowest BCUT2D eigenvalue weighted by atomic mass is 9.98. The van der Waals surface area contributed by atoms with Crippen LogP contribution in [0.4, 0.5) is 0 Å². The maximum Gasteiger partial charge on any atom is 0.306 e. The number of methoxy groups -OCH3 is 2. The highest BCUT2D eigenvalue weighted by atomic mass is 16.5. The second-order valence-corrected chi connectivity index (χ2v) is 12.7. The molecule has 3 aromatic rings. The zero-order chi connectivity index (χ0) is 33.9. The fourth-order valence-electron chi connectivity index (χ4n) is 6.26. The van der Waals surface area contributed by atoms with Gasteiger partial charge in [-0.1, -0.05) is 36.8 Å². The van der Waals surface area contributed by atoms with Gasteiger partial charge in [0.1, 0.15) is 23.6 Å². The number of amides is 2. The van der Waals surface area contributed by atoms with Gasteiger partial charge in [0.15, 0.2) is 0 Å². The highest BCUT2D eigenvalue weighted by Crippen LogP contribution is 2.35. The van der Waals surface area contributed by atoms with Crippen LogP contribution in [0.2, 0.25) is 0 Å². The van der Waals surface area contributed by atoms with Crippen LogP contribution < -0.4 is 20.1 Å². The van der Waals surface area contributed by atoms with Crippen molar-refractivity contribution in [3.05, 3.63) is 54.1 Å². The first kappa shape index (κ1) is 35.7. The van der Waals surface area contributed by atoms with Crippen LogP contribution in [0.3, 0.4) is 0 Å². The third kappa shape index (κ3) is 9.67. The smallest absolute Gasteiger partial charge is 0.306 e. The second-order valence-electron chi connectivity index (χ2n) is 12.7. The molecule has 0 radical (unpaired) electrons. The van der Waals surface area contributed by atoms with Crippen LogP contribution in [0.15, 0.2) is 48.5 Å². The van der Waals surface area contributed by atoms with Crippen LogP contribution in [0.5, 0.6) is 11.5 Å². The van der Waals surface area contributed by atoms with Gasteiger partial charge in [-0.15, -0.1) is 0 Å². The van der Waals surface area contributed by atoms with Crippen molar-refractivity contribution in [2.45, 2.75) is 96.9 Å². The minimum Gasteiger partial charge on any atom is -0.497 e. The molecule has 47 heavy (non-hydrogen) atoms. The number of hydrogen-bond donors (Lipinski definition) is 2. The van der Waals surface area contributed by atoms with Crippen molar-refractivity contribution < 1.29 is 28.6 Å². The molecule has 1 unspecified atom stereocenters. The molecule has 0 spiro atoms. The number of hydrogen-bond acceptors (Lipinski definition) is 8. The predicted octanol–water partition coefficient (Wildman–Crippen LogP) is 5.91. The monoisotopic (exact) mass is 646 g/mol. The van der Waals surface area contributed by atoms with Crippen molar-refractivity contribution in [1.29, 1.82) is 0 Å². The van der Waals surface area contributed by atoms with Gasteiger partial charge in [0, 0.05) is 49.3 Å².